The van der Waals surface area contributed by atoms with Crippen LogP contribution in [0.15, 0.2) is 36.9 Å². The summed E-state index contributed by atoms with van der Waals surface area (Å²) in [6, 6.07) is 8.33. The zero-order chi connectivity index (χ0) is 12.8. The maximum absolute atomic E-state index is 5.71. The van der Waals surface area contributed by atoms with Crippen molar-refractivity contribution in [3.63, 3.8) is 0 Å². The Bertz CT molecular complexity index is 388. The SMILES string of the molecule is C=CCOc1ccccc1CN1CCC[C@H](C)C1. The van der Waals surface area contributed by atoms with E-state index in [1.165, 1.54) is 31.5 Å². The van der Waals surface area contributed by atoms with Gasteiger partial charge in [0.1, 0.15) is 12.4 Å². The van der Waals surface area contributed by atoms with Gasteiger partial charge < -0.3 is 4.74 Å². The van der Waals surface area contributed by atoms with E-state index < -0.39 is 0 Å². The molecule has 0 aliphatic carbocycles. The Balaban J connectivity index is 2.01. The van der Waals surface area contributed by atoms with Crippen LogP contribution in [0.3, 0.4) is 0 Å². The van der Waals surface area contributed by atoms with Crippen molar-refractivity contribution in [3.05, 3.63) is 42.5 Å². The summed E-state index contributed by atoms with van der Waals surface area (Å²) in [7, 11) is 0. The van der Waals surface area contributed by atoms with Crippen molar-refractivity contribution in [1.82, 2.24) is 4.90 Å². The molecule has 0 bridgehead atoms. The first-order chi connectivity index (χ1) is 8.79. The number of hydrogen-bond donors (Lipinski definition) is 0. The summed E-state index contributed by atoms with van der Waals surface area (Å²) in [5, 5.41) is 0. The predicted octanol–water partition coefficient (Wildman–Crippen LogP) is 3.48. The second-order valence-corrected chi connectivity index (χ2v) is 5.19. The number of rotatable bonds is 5. The maximum atomic E-state index is 5.71. The highest BCUT2D eigenvalue weighted by Crippen LogP contribution is 2.23. The third-order valence-corrected chi connectivity index (χ3v) is 3.46. The van der Waals surface area contributed by atoms with Crippen LogP contribution in [0.5, 0.6) is 5.75 Å². The van der Waals surface area contributed by atoms with Crippen molar-refractivity contribution in [2.24, 2.45) is 5.92 Å². The lowest BCUT2D eigenvalue weighted by molar-refractivity contribution is 0.174. The molecule has 1 aliphatic heterocycles. The van der Waals surface area contributed by atoms with E-state index >= 15 is 0 Å². The first-order valence-corrected chi connectivity index (χ1v) is 6.83. The van der Waals surface area contributed by atoms with Gasteiger partial charge in [-0.05, 0) is 31.4 Å². The Morgan fingerprint density at radius 1 is 1.44 bits per heavy atom. The molecule has 1 heterocycles. The second-order valence-electron chi connectivity index (χ2n) is 5.19. The Hall–Kier alpha value is -1.28. The predicted molar refractivity (Wildman–Crippen MR) is 75.8 cm³/mol. The molecule has 1 atom stereocenters. The van der Waals surface area contributed by atoms with Crippen LogP contribution in [0.2, 0.25) is 0 Å². The normalized spacial score (nSPS) is 20.6. The number of likely N-dealkylation sites (tertiary alicyclic amines) is 1. The fourth-order valence-electron chi connectivity index (χ4n) is 2.60. The third-order valence-electron chi connectivity index (χ3n) is 3.46. The molecule has 0 N–H and O–H groups in total. The third kappa shape index (κ3) is 3.61. The summed E-state index contributed by atoms with van der Waals surface area (Å²) in [4.78, 5) is 2.53. The number of hydrogen-bond acceptors (Lipinski definition) is 2. The van der Waals surface area contributed by atoms with Gasteiger partial charge in [0.15, 0.2) is 0 Å². The molecule has 1 saturated heterocycles. The number of nitrogens with zero attached hydrogens (tertiary/aromatic N) is 1. The van der Waals surface area contributed by atoms with Gasteiger partial charge in [0.2, 0.25) is 0 Å². The van der Waals surface area contributed by atoms with Crippen LogP contribution in [0.4, 0.5) is 0 Å². The highest BCUT2D eigenvalue weighted by molar-refractivity contribution is 5.33. The van der Waals surface area contributed by atoms with Crippen LogP contribution in [0.25, 0.3) is 0 Å². The fraction of sp³-hybridized carbons (Fsp3) is 0.500. The zero-order valence-corrected chi connectivity index (χ0v) is 11.3. The van der Waals surface area contributed by atoms with Gasteiger partial charge in [-0.25, -0.2) is 0 Å². The van der Waals surface area contributed by atoms with Crippen LogP contribution in [0, 0.1) is 5.92 Å². The van der Waals surface area contributed by atoms with E-state index in [1.807, 2.05) is 12.1 Å². The summed E-state index contributed by atoms with van der Waals surface area (Å²) >= 11 is 0. The van der Waals surface area contributed by atoms with Crippen LogP contribution >= 0.6 is 0 Å². The van der Waals surface area contributed by atoms with Gasteiger partial charge in [0.25, 0.3) is 0 Å². The standard InChI is InChI=1S/C16H23NO/c1-3-11-18-16-9-5-4-8-15(16)13-17-10-6-7-14(2)12-17/h3-5,8-9,14H,1,6-7,10-13H2,2H3/t14-/m0/s1. The molecule has 1 fully saturated rings. The highest BCUT2D eigenvalue weighted by atomic mass is 16.5. The van der Waals surface area contributed by atoms with Crippen molar-refractivity contribution in [3.8, 4) is 5.75 Å². The van der Waals surface area contributed by atoms with Crippen molar-refractivity contribution in [1.29, 1.82) is 0 Å². The molecule has 98 valence electrons. The monoisotopic (exact) mass is 245 g/mol. The van der Waals surface area contributed by atoms with Crippen LogP contribution in [-0.2, 0) is 6.54 Å². The number of ether oxygens (including phenoxy) is 1. The van der Waals surface area contributed by atoms with Crippen LogP contribution in [-0.4, -0.2) is 24.6 Å². The lowest BCUT2D eigenvalue weighted by atomic mass is 10.00. The lowest BCUT2D eigenvalue weighted by Crippen LogP contribution is -2.33. The smallest absolute Gasteiger partial charge is 0.124 e. The minimum absolute atomic E-state index is 0.577. The molecule has 1 aromatic rings. The highest BCUT2D eigenvalue weighted by Gasteiger charge is 2.17. The average Bonchev–Trinajstić information content (AvgIpc) is 2.38. The van der Waals surface area contributed by atoms with E-state index in [-0.39, 0.29) is 0 Å². The van der Waals surface area contributed by atoms with Crippen LogP contribution in [0.1, 0.15) is 25.3 Å². The van der Waals surface area contributed by atoms with E-state index in [1.54, 1.807) is 6.08 Å². The summed E-state index contributed by atoms with van der Waals surface area (Å²) in [5.74, 6) is 1.82. The Kier molecular flexibility index (Phi) is 4.82. The van der Waals surface area contributed by atoms with Gasteiger partial charge in [-0.2, -0.15) is 0 Å². The lowest BCUT2D eigenvalue weighted by Gasteiger charge is -2.31. The summed E-state index contributed by atoms with van der Waals surface area (Å²) in [5.41, 5.74) is 1.29. The van der Waals surface area contributed by atoms with Crippen molar-refractivity contribution in [2.45, 2.75) is 26.3 Å². The Morgan fingerprint density at radius 3 is 3.06 bits per heavy atom. The molecule has 1 aromatic carbocycles. The molecule has 0 amide bonds. The number of piperidine rings is 1. The second kappa shape index (κ2) is 6.60. The van der Waals surface area contributed by atoms with E-state index in [4.69, 9.17) is 4.74 Å². The van der Waals surface area contributed by atoms with Crippen LogP contribution < -0.4 is 4.74 Å². The molecule has 18 heavy (non-hydrogen) atoms. The first kappa shape index (κ1) is 13.2. The van der Waals surface area contributed by atoms with E-state index in [0.29, 0.717) is 6.61 Å². The van der Waals surface area contributed by atoms with E-state index in [0.717, 1.165) is 18.2 Å². The molecular weight excluding hydrogens is 222 g/mol. The summed E-state index contributed by atoms with van der Waals surface area (Å²) < 4.78 is 5.71. The molecule has 0 saturated carbocycles. The van der Waals surface area contributed by atoms with Crippen molar-refractivity contribution >= 4 is 0 Å². The maximum Gasteiger partial charge on any atom is 0.124 e. The minimum atomic E-state index is 0.577. The fourth-order valence-corrected chi connectivity index (χ4v) is 2.60. The molecule has 0 spiro atoms. The Morgan fingerprint density at radius 2 is 2.28 bits per heavy atom. The van der Waals surface area contributed by atoms with E-state index in [2.05, 4.69) is 30.5 Å². The molecule has 2 heteroatoms. The van der Waals surface area contributed by atoms with Crippen molar-refractivity contribution in [2.75, 3.05) is 19.7 Å². The molecule has 2 nitrogen and oxygen atoms in total. The molecule has 0 aromatic heterocycles. The van der Waals surface area contributed by atoms with Gasteiger partial charge in [-0.3, -0.25) is 4.90 Å². The molecule has 0 unspecified atom stereocenters. The summed E-state index contributed by atoms with van der Waals surface area (Å²) in [6.07, 6.45) is 4.47. The molecule has 2 rings (SSSR count). The van der Waals surface area contributed by atoms with Gasteiger partial charge in [0.05, 0.1) is 0 Å². The zero-order valence-electron chi connectivity index (χ0n) is 11.3. The molecule has 0 radical (unpaired) electrons. The van der Waals surface area contributed by atoms with E-state index in [9.17, 15) is 0 Å². The van der Waals surface area contributed by atoms with Gasteiger partial charge in [0, 0.05) is 18.7 Å². The first-order valence-electron chi connectivity index (χ1n) is 6.83. The average molecular weight is 245 g/mol. The Labute approximate surface area is 110 Å². The van der Waals surface area contributed by atoms with Gasteiger partial charge >= 0.3 is 0 Å². The quantitative estimate of drug-likeness (QED) is 0.736. The topological polar surface area (TPSA) is 12.5 Å². The minimum Gasteiger partial charge on any atom is -0.489 e. The summed E-state index contributed by atoms with van der Waals surface area (Å²) in [6.45, 7) is 10.0. The molecule has 1 aliphatic rings. The number of para-hydroxylation sites is 1. The number of benzene rings is 1. The largest absolute Gasteiger partial charge is 0.489 e. The van der Waals surface area contributed by atoms with Gasteiger partial charge in [-0.1, -0.05) is 37.8 Å². The van der Waals surface area contributed by atoms with Gasteiger partial charge in [-0.15, -0.1) is 0 Å². The molecular formula is C16H23NO. The van der Waals surface area contributed by atoms with Crippen molar-refractivity contribution < 1.29 is 4.74 Å².